The summed E-state index contributed by atoms with van der Waals surface area (Å²) < 4.78 is 0. The van der Waals surface area contributed by atoms with Crippen molar-refractivity contribution in [3.8, 4) is 6.07 Å². The van der Waals surface area contributed by atoms with Crippen LogP contribution in [0.5, 0.6) is 0 Å². The molecule has 1 aliphatic heterocycles. The Morgan fingerprint density at radius 2 is 1.80 bits per heavy atom. The third-order valence-corrected chi connectivity index (χ3v) is 8.13. The largest absolute Gasteiger partial charge is 0.322 e. The van der Waals surface area contributed by atoms with Crippen molar-refractivity contribution in [2.24, 2.45) is 17.8 Å². The Morgan fingerprint density at radius 1 is 1.13 bits per heavy atom. The Bertz CT molecular complexity index is 847. The van der Waals surface area contributed by atoms with Gasteiger partial charge in [-0.1, -0.05) is 19.9 Å². The molecule has 1 aromatic rings. The van der Waals surface area contributed by atoms with E-state index in [4.69, 9.17) is 0 Å². The zero-order valence-corrected chi connectivity index (χ0v) is 18.5. The van der Waals surface area contributed by atoms with Crippen molar-refractivity contribution in [3.05, 3.63) is 33.9 Å². The van der Waals surface area contributed by atoms with Crippen LogP contribution < -0.4 is 5.32 Å². The Kier molecular flexibility index (Phi) is 5.35. The highest BCUT2D eigenvalue weighted by molar-refractivity contribution is 5.80. The highest BCUT2D eigenvalue weighted by Crippen LogP contribution is 2.47. The van der Waals surface area contributed by atoms with E-state index in [0.29, 0.717) is 18.5 Å². The number of hydrogen-bond acceptors (Lipinski definition) is 3. The van der Waals surface area contributed by atoms with E-state index in [-0.39, 0.29) is 11.9 Å². The first-order valence-corrected chi connectivity index (χ1v) is 12.1. The average molecular weight is 406 g/mol. The van der Waals surface area contributed by atoms with Crippen LogP contribution in [0, 0.1) is 29.1 Å². The first-order valence-electron chi connectivity index (χ1n) is 12.1. The standard InChI is InChI=1S/C26H35N3O/c1-16-3-5-22-18(9-16)11-19-10-17(2)4-6-23(19)24(22)7-8-28-15-26(30)29-21(14-27)12-20-13-25(20)29/h11,16-17,20-21,25,28H,3-10,12-13,15H2,1-2H3/t16?,17?,20-,21+,25+/m1/s1. The Labute approximate surface area is 181 Å². The SMILES string of the molecule is CC1CCc2c(cc3c(c2CCNCC(=O)N2[C@H](C#N)C[C@@H]4C[C@@H]42)CCC(C)C3)C1. The van der Waals surface area contributed by atoms with Crippen LogP contribution in [0.25, 0.3) is 0 Å². The number of carbonyl (C=O) groups excluding carboxylic acids is 1. The van der Waals surface area contributed by atoms with Gasteiger partial charge < -0.3 is 10.2 Å². The van der Waals surface area contributed by atoms with Crippen LogP contribution in [0.3, 0.4) is 0 Å². The van der Waals surface area contributed by atoms with Gasteiger partial charge in [-0.05, 0) is 110 Å². The van der Waals surface area contributed by atoms with Crippen LogP contribution in [-0.4, -0.2) is 36.0 Å². The van der Waals surface area contributed by atoms with Crippen molar-refractivity contribution >= 4 is 5.91 Å². The average Bonchev–Trinajstić information content (AvgIpc) is 3.39. The second kappa shape index (κ2) is 8.00. The molecule has 5 rings (SSSR count). The molecule has 2 fully saturated rings. The van der Waals surface area contributed by atoms with E-state index in [1.54, 1.807) is 27.8 Å². The third kappa shape index (κ3) is 3.66. The van der Waals surface area contributed by atoms with E-state index < -0.39 is 0 Å². The van der Waals surface area contributed by atoms with Crippen LogP contribution in [0.1, 0.15) is 67.3 Å². The lowest BCUT2D eigenvalue weighted by Crippen LogP contribution is -2.43. The summed E-state index contributed by atoms with van der Waals surface area (Å²) in [6.07, 6.45) is 10.5. The second-order valence-corrected chi connectivity index (χ2v) is 10.5. The maximum atomic E-state index is 12.7. The van der Waals surface area contributed by atoms with Gasteiger partial charge in [0.2, 0.25) is 5.91 Å². The van der Waals surface area contributed by atoms with Gasteiger partial charge in [-0.2, -0.15) is 5.26 Å². The van der Waals surface area contributed by atoms with E-state index in [1.807, 2.05) is 4.90 Å². The summed E-state index contributed by atoms with van der Waals surface area (Å²) >= 11 is 0. The summed E-state index contributed by atoms with van der Waals surface area (Å²) in [5.74, 6) is 2.29. The van der Waals surface area contributed by atoms with Crippen LogP contribution in [0.15, 0.2) is 6.07 Å². The van der Waals surface area contributed by atoms with Crippen LogP contribution in [0.2, 0.25) is 0 Å². The maximum Gasteiger partial charge on any atom is 0.237 e. The van der Waals surface area contributed by atoms with Gasteiger partial charge >= 0.3 is 0 Å². The van der Waals surface area contributed by atoms with Crippen molar-refractivity contribution in [1.82, 2.24) is 10.2 Å². The van der Waals surface area contributed by atoms with Gasteiger partial charge in [0.15, 0.2) is 0 Å². The Balaban J connectivity index is 1.26. The Morgan fingerprint density at radius 3 is 2.43 bits per heavy atom. The first-order chi connectivity index (χ1) is 14.5. The molecule has 1 heterocycles. The maximum absolute atomic E-state index is 12.7. The van der Waals surface area contributed by atoms with Crippen molar-refractivity contribution in [2.45, 2.75) is 83.7 Å². The number of hydrogen-bond donors (Lipinski definition) is 1. The molecule has 0 bridgehead atoms. The molecule has 1 saturated carbocycles. The van der Waals surface area contributed by atoms with Crippen molar-refractivity contribution in [3.63, 3.8) is 0 Å². The molecule has 4 aliphatic rings. The number of carbonyl (C=O) groups is 1. The number of rotatable bonds is 5. The fourth-order valence-corrected chi connectivity index (χ4v) is 6.41. The van der Waals surface area contributed by atoms with Crippen molar-refractivity contribution in [1.29, 1.82) is 5.26 Å². The molecule has 1 N–H and O–H groups in total. The first kappa shape index (κ1) is 20.1. The van der Waals surface area contributed by atoms with Crippen LogP contribution in [-0.2, 0) is 36.9 Å². The molecule has 4 heteroatoms. The van der Waals surface area contributed by atoms with Crippen LogP contribution in [0.4, 0.5) is 0 Å². The van der Waals surface area contributed by atoms with Gasteiger partial charge in [0.05, 0.1) is 12.6 Å². The molecule has 0 aromatic heterocycles. The number of amides is 1. The summed E-state index contributed by atoms with van der Waals surface area (Å²) in [4.78, 5) is 14.6. The quantitative estimate of drug-likeness (QED) is 0.762. The zero-order chi connectivity index (χ0) is 20.8. The lowest BCUT2D eigenvalue weighted by molar-refractivity contribution is -0.131. The van der Waals surface area contributed by atoms with Gasteiger partial charge in [-0.15, -0.1) is 0 Å². The normalized spacial score (nSPS) is 31.5. The molecule has 30 heavy (non-hydrogen) atoms. The number of likely N-dealkylation sites (tertiary alicyclic amines) is 1. The number of nitrogens with zero attached hydrogens (tertiary/aromatic N) is 2. The lowest BCUT2D eigenvalue weighted by atomic mass is 9.74. The van der Waals surface area contributed by atoms with Gasteiger partial charge in [-0.25, -0.2) is 0 Å². The minimum Gasteiger partial charge on any atom is -0.322 e. The Hall–Kier alpha value is -1.86. The molecule has 1 aromatic carbocycles. The molecule has 3 aliphatic carbocycles. The molecule has 5 atom stereocenters. The monoisotopic (exact) mass is 405 g/mol. The molecular weight excluding hydrogens is 370 g/mol. The number of benzene rings is 1. The summed E-state index contributed by atoms with van der Waals surface area (Å²) in [5, 5.41) is 12.8. The fraction of sp³-hybridized carbons (Fsp3) is 0.692. The summed E-state index contributed by atoms with van der Waals surface area (Å²) in [6, 6.07) is 5.02. The van der Waals surface area contributed by atoms with Crippen molar-refractivity contribution in [2.75, 3.05) is 13.1 Å². The summed E-state index contributed by atoms with van der Waals surface area (Å²) in [6.45, 7) is 5.98. The fourth-order valence-electron chi connectivity index (χ4n) is 6.41. The number of fused-ring (bicyclic) bond motifs is 3. The molecule has 1 amide bonds. The van der Waals surface area contributed by atoms with Gasteiger partial charge in [0.25, 0.3) is 0 Å². The topological polar surface area (TPSA) is 56.1 Å². The molecule has 1 saturated heterocycles. The van der Waals surface area contributed by atoms with E-state index >= 15 is 0 Å². The molecular formula is C26H35N3O. The number of piperidine rings is 1. The van der Waals surface area contributed by atoms with E-state index in [2.05, 4.69) is 31.3 Å². The summed E-state index contributed by atoms with van der Waals surface area (Å²) in [7, 11) is 0. The van der Waals surface area contributed by atoms with Gasteiger partial charge in [0, 0.05) is 6.04 Å². The van der Waals surface area contributed by atoms with Crippen LogP contribution >= 0.6 is 0 Å². The molecule has 0 spiro atoms. The molecule has 2 unspecified atom stereocenters. The second-order valence-electron chi connectivity index (χ2n) is 10.5. The number of nitrogens with one attached hydrogen (secondary N) is 1. The highest BCUT2D eigenvalue weighted by Gasteiger charge is 2.53. The van der Waals surface area contributed by atoms with E-state index in [1.165, 1.54) is 38.5 Å². The van der Waals surface area contributed by atoms with E-state index in [9.17, 15) is 10.1 Å². The minimum atomic E-state index is -0.194. The molecule has 160 valence electrons. The lowest BCUT2D eigenvalue weighted by Gasteiger charge is -2.31. The number of nitriles is 1. The predicted octanol–water partition coefficient (Wildman–Crippen LogP) is 3.58. The van der Waals surface area contributed by atoms with E-state index in [0.717, 1.165) is 37.6 Å². The van der Waals surface area contributed by atoms with Gasteiger partial charge in [0.1, 0.15) is 6.04 Å². The smallest absolute Gasteiger partial charge is 0.237 e. The van der Waals surface area contributed by atoms with Gasteiger partial charge in [-0.3, -0.25) is 4.79 Å². The molecule has 0 radical (unpaired) electrons. The zero-order valence-electron chi connectivity index (χ0n) is 18.5. The minimum absolute atomic E-state index is 0.117. The van der Waals surface area contributed by atoms with Crippen molar-refractivity contribution < 1.29 is 4.79 Å². The summed E-state index contributed by atoms with van der Waals surface area (Å²) in [5.41, 5.74) is 8.04. The predicted molar refractivity (Wildman–Crippen MR) is 118 cm³/mol. The third-order valence-electron chi connectivity index (χ3n) is 8.13. The highest BCUT2D eigenvalue weighted by atomic mass is 16.2. The molecule has 4 nitrogen and oxygen atoms in total.